The van der Waals surface area contributed by atoms with Gasteiger partial charge in [0.05, 0.1) is 10.2 Å². The van der Waals surface area contributed by atoms with Crippen molar-refractivity contribution in [3.05, 3.63) is 19.9 Å². The fourth-order valence-electron chi connectivity index (χ4n) is 0.817. The molecule has 1 aromatic heterocycles. The largest absolute Gasteiger partial charge is 0.432 e. The van der Waals surface area contributed by atoms with Crippen LogP contribution in [0.15, 0.2) is 10.5 Å². The van der Waals surface area contributed by atoms with Crippen LogP contribution in [0.25, 0.3) is 0 Å². The maximum atomic E-state index is 11.9. The average molecular weight is 364 g/mol. The van der Waals surface area contributed by atoms with E-state index in [0.29, 0.717) is 10.2 Å². The van der Waals surface area contributed by atoms with Crippen molar-refractivity contribution in [2.45, 2.75) is 13.5 Å². The number of hydrogen-bond donors (Lipinski definition) is 0. The van der Waals surface area contributed by atoms with Crippen molar-refractivity contribution in [2.24, 2.45) is 0 Å². The first-order chi connectivity index (χ1) is 6.00. The number of rotatable bonds is 2. The van der Waals surface area contributed by atoms with E-state index in [0.717, 1.165) is 3.70 Å². The molecule has 0 radical (unpaired) electrons. The minimum atomic E-state index is -2.82. The summed E-state index contributed by atoms with van der Waals surface area (Å²) in [6.07, 6.45) is 0. The molecule has 6 heteroatoms. The molecule has 0 aromatic carbocycles. The second kappa shape index (κ2) is 4.50. The van der Waals surface area contributed by atoms with Crippen LogP contribution in [0.4, 0.5) is 8.78 Å². The van der Waals surface area contributed by atoms with Crippen LogP contribution in [-0.4, -0.2) is 11.6 Å². The molecule has 1 aromatic rings. The lowest BCUT2D eigenvalue weighted by Crippen LogP contribution is -2.05. The molecule has 0 bridgehead atoms. The quantitative estimate of drug-likeness (QED) is 0.593. The zero-order chi connectivity index (χ0) is 10.0. The highest BCUT2D eigenvalue weighted by Gasteiger charge is 2.12. The van der Waals surface area contributed by atoms with Gasteiger partial charge in [-0.1, -0.05) is 0 Å². The van der Waals surface area contributed by atoms with Gasteiger partial charge in [0.1, 0.15) is 3.70 Å². The van der Waals surface area contributed by atoms with E-state index in [9.17, 15) is 8.78 Å². The van der Waals surface area contributed by atoms with Crippen LogP contribution < -0.4 is 4.74 Å². The fraction of sp³-hybridized carbons (Fsp3) is 0.286. The lowest BCUT2D eigenvalue weighted by molar-refractivity contribution is -0.0511. The number of hydrogen-bond acceptors (Lipinski definition) is 2. The van der Waals surface area contributed by atoms with Crippen LogP contribution in [0.5, 0.6) is 5.75 Å². The molecular weight excluding hydrogens is 359 g/mol. The average Bonchev–Trinajstić information content (AvgIpc) is 1.96. The van der Waals surface area contributed by atoms with Crippen LogP contribution in [0.3, 0.4) is 0 Å². The smallest absolute Gasteiger partial charge is 0.387 e. The van der Waals surface area contributed by atoms with E-state index in [2.05, 4.69) is 25.7 Å². The van der Waals surface area contributed by atoms with Crippen LogP contribution in [-0.2, 0) is 0 Å². The van der Waals surface area contributed by atoms with E-state index >= 15 is 0 Å². The first-order valence-corrected chi connectivity index (χ1v) is 5.15. The summed E-state index contributed by atoms with van der Waals surface area (Å²) in [5.41, 5.74) is 0.444. The third-order valence-corrected chi connectivity index (χ3v) is 2.41. The van der Waals surface area contributed by atoms with Crippen molar-refractivity contribution in [1.29, 1.82) is 0 Å². The van der Waals surface area contributed by atoms with Crippen molar-refractivity contribution in [1.82, 2.24) is 4.98 Å². The summed E-state index contributed by atoms with van der Waals surface area (Å²) < 4.78 is 29.3. The van der Waals surface area contributed by atoms with Crippen LogP contribution in [0.1, 0.15) is 5.69 Å². The highest BCUT2D eigenvalue weighted by atomic mass is 127. The zero-order valence-corrected chi connectivity index (χ0v) is 10.3. The molecule has 13 heavy (non-hydrogen) atoms. The maximum absolute atomic E-state index is 11.9. The van der Waals surface area contributed by atoms with Gasteiger partial charge in [0.25, 0.3) is 0 Å². The molecule has 0 amide bonds. The third-order valence-electron chi connectivity index (χ3n) is 1.27. The van der Waals surface area contributed by atoms with Gasteiger partial charge in [0.2, 0.25) is 0 Å². The maximum Gasteiger partial charge on any atom is 0.387 e. The number of halogens is 4. The molecule has 1 rings (SSSR count). The monoisotopic (exact) mass is 363 g/mol. The predicted octanol–water partition coefficient (Wildman–Crippen LogP) is 3.36. The summed E-state index contributed by atoms with van der Waals surface area (Å²) >= 11 is 5.12. The molecule has 0 N–H and O–H groups in total. The summed E-state index contributed by atoms with van der Waals surface area (Å²) in [6.45, 7) is -1.21. The van der Waals surface area contributed by atoms with Gasteiger partial charge in [-0.15, -0.1) is 0 Å². The van der Waals surface area contributed by atoms with Crippen molar-refractivity contribution in [3.8, 4) is 5.75 Å². The van der Waals surface area contributed by atoms with Crippen molar-refractivity contribution < 1.29 is 13.5 Å². The Morgan fingerprint density at radius 3 is 2.69 bits per heavy atom. The lowest BCUT2D eigenvalue weighted by Gasteiger charge is -2.09. The SMILES string of the molecule is Cc1nc(I)cc(Br)c1OC(F)F. The third kappa shape index (κ3) is 3.01. The molecule has 0 aliphatic heterocycles. The van der Waals surface area contributed by atoms with Gasteiger partial charge in [0, 0.05) is 0 Å². The predicted molar refractivity (Wildman–Crippen MR) is 56.0 cm³/mol. The Hall–Kier alpha value is 0.0200. The second-order valence-electron chi connectivity index (χ2n) is 2.22. The molecule has 72 valence electrons. The lowest BCUT2D eigenvalue weighted by atomic mass is 10.3. The van der Waals surface area contributed by atoms with Gasteiger partial charge in [-0.2, -0.15) is 8.78 Å². The summed E-state index contributed by atoms with van der Waals surface area (Å²) in [6, 6.07) is 1.62. The Morgan fingerprint density at radius 2 is 2.23 bits per heavy atom. The van der Waals surface area contributed by atoms with Crippen molar-refractivity contribution in [3.63, 3.8) is 0 Å². The van der Waals surface area contributed by atoms with E-state index in [1.165, 1.54) is 0 Å². The highest BCUT2D eigenvalue weighted by molar-refractivity contribution is 14.1. The Bertz CT molecular complexity index is 298. The molecule has 0 saturated carbocycles. The molecule has 0 unspecified atom stereocenters. The zero-order valence-electron chi connectivity index (χ0n) is 6.52. The topological polar surface area (TPSA) is 22.1 Å². The highest BCUT2D eigenvalue weighted by Crippen LogP contribution is 2.29. The summed E-state index contributed by atoms with van der Waals surface area (Å²) in [7, 11) is 0. The number of pyridine rings is 1. The molecule has 2 nitrogen and oxygen atoms in total. The standard InChI is InChI=1S/C7H5BrF2INO/c1-3-6(13-7(9)10)4(8)2-5(11)12-3/h2,7H,1H3. The number of ether oxygens (including phenoxy) is 1. The Morgan fingerprint density at radius 1 is 1.62 bits per heavy atom. The molecule has 0 spiro atoms. The van der Waals surface area contributed by atoms with Gasteiger partial charge in [0.15, 0.2) is 5.75 Å². The number of nitrogens with zero attached hydrogens (tertiary/aromatic N) is 1. The molecule has 0 fully saturated rings. The molecular formula is C7H5BrF2INO. The molecule has 0 aliphatic rings. The van der Waals surface area contributed by atoms with Gasteiger partial charge < -0.3 is 4.74 Å². The Labute approximate surface area is 96.0 Å². The minimum Gasteiger partial charge on any atom is -0.432 e. The number of aryl methyl sites for hydroxylation is 1. The van der Waals surface area contributed by atoms with Crippen LogP contribution in [0.2, 0.25) is 0 Å². The number of aromatic nitrogens is 1. The van der Waals surface area contributed by atoms with Gasteiger partial charge in [-0.3, -0.25) is 0 Å². The van der Waals surface area contributed by atoms with E-state index < -0.39 is 6.61 Å². The second-order valence-corrected chi connectivity index (χ2v) is 4.18. The van der Waals surface area contributed by atoms with Gasteiger partial charge in [-0.05, 0) is 51.5 Å². The van der Waals surface area contributed by atoms with Crippen LogP contribution >= 0.6 is 38.5 Å². The van der Waals surface area contributed by atoms with E-state index in [1.807, 2.05) is 22.6 Å². The normalized spacial score (nSPS) is 10.6. The first kappa shape index (κ1) is 11.1. The van der Waals surface area contributed by atoms with E-state index in [4.69, 9.17) is 0 Å². The van der Waals surface area contributed by atoms with Gasteiger partial charge >= 0.3 is 6.61 Å². The van der Waals surface area contributed by atoms with Crippen molar-refractivity contribution >= 4 is 38.5 Å². The number of alkyl halides is 2. The van der Waals surface area contributed by atoms with E-state index in [-0.39, 0.29) is 5.75 Å². The molecule has 0 atom stereocenters. The Balaban J connectivity index is 3.06. The van der Waals surface area contributed by atoms with Crippen molar-refractivity contribution in [2.75, 3.05) is 0 Å². The summed E-state index contributed by atoms with van der Waals surface area (Å²) in [4.78, 5) is 3.99. The minimum absolute atomic E-state index is 0.0930. The molecule has 0 aliphatic carbocycles. The van der Waals surface area contributed by atoms with E-state index in [1.54, 1.807) is 13.0 Å². The van der Waals surface area contributed by atoms with Crippen LogP contribution in [0, 0.1) is 10.6 Å². The Kier molecular flexibility index (Phi) is 3.84. The first-order valence-electron chi connectivity index (χ1n) is 3.28. The molecule has 1 heterocycles. The summed E-state index contributed by atoms with van der Waals surface area (Å²) in [5.74, 6) is 0.0930. The van der Waals surface area contributed by atoms with Gasteiger partial charge in [-0.25, -0.2) is 4.98 Å². The fourth-order valence-corrected chi connectivity index (χ4v) is 2.52. The molecule has 0 saturated heterocycles. The summed E-state index contributed by atoms with van der Waals surface area (Å²) in [5, 5.41) is 0.